The fourth-order valence-electron chi connectivity index (χ4n) is 2.49. The van der Waals surface area contributed by atoms with Gasteiger partial charge in [0.15, 0.2) is 0 Å². The van der Waals surface area contributed by atoms with E-state index in [4.69, 9.17) is 17.3 Å². The minimum Gasteiger partial charge on any atom is -0.397 e. The average Bonchev–Trinajstić information content (AvgIpc) is 2.83. The first kappa shape index (κ1) is 16.7. The number of rotatable bonds is 4. The molecule has 0 atom stereocenters. The van der Waals surface area contributed by atoms with Crippen LogP contribution in [-0.2, 0) is 6.42 Å². The summed E-state index contributed by atoms with van der Waals surface area (Å²) >= 11 is 7.26. The van der Waals surface area contributed by atoms with Crippen LogP contribution in [0, 0.1) is 5.92 Å². The molecule has 0 aliphatic rings. The zero-order valence-corrected chi connectivity index (χ0v) is 15.0. The van der Waals surface area contributed by atoms with E-state index in [0.717, 1.165) is 22.3 Å². The van der Waals surface area contributed by atoms with Gasteiger partial charge in [-0.1, -0.05) is 31.5 Å². The van der Waals surface area contributed by atoms with Gasteiger partial charge in [0, 0.05) is 21.8 Å². The number of aromatic nitrogens is 1. The minimum absolute atomic E-state index is 0.247. The maximum atomic E-state index is 12.5. The molecular formula is C18H18ClN3OS. The van der Waals surface area contributed by atoms with E-state index in [-0.39, 0.29) is 5.91 Å². The smallest absolute Gasteiger partial charge is 0.267 e. The maximum Gasteiger partial charge on any atom is 0.267 e. The number of fused-ring (bicyclic) bond motifs is 1. The van der Waals surface area contributed by atoms with Gasteiger partial charge in [-0.3, -0.25) is 4.79 Å². The Hall–Kier alpha value is -2.11. The van der Waals surface area contributed by atoms with Gasteiger partial charge in [-0.25, -0.2) is 4.98 Å². The number of hydrogen-bond donors (Lipinski definition) is 2. The van der Waals surface area contributed by atoms with E-state index in [0.29, 0.717) is 27.2 Å². The number of nitrogen functional groups attached to an aromatic ring is 1. The number of nitrogens with one attached hydrogen (secondary N) is 1. The molecule has 0 radical (unpaired) electrons. The van der Waals surface area contributed by atoms with Crippen molar-refractivity contribution in [3.63, 3.8) is 0 Å². The van der Waals surface area contributed by atoms with E-state index < -0.39 is 0 Å². The average molecular weight is 360 g/mol. The molecule has 2 heterocycles. The van der Waals surface area contributed by atoms with Gasteiger partial charge in [-0.15, -0.1) is 11.3 Å². The Kier molecular flexibility index (Phi) is 4.73. The first-order valence-corrected chi connectivity index (χ1v) is 8.88. The van der Waals surface area contributed by atoms with Crippen LogP contribution >= 0.6 is 22.9 Å². The van der Waals surface area contributed by atoms with Crippen LogP contribution in [-0.4, -0.2) is 10.9 Å². The van der Waals surface area contributed by atoms with Crippen LogP contribution < -0.4 is 11.1 Å². The minimum atomic E-state index is -0.247. The van der Waals surface area contributed by atoms with Crippen molar-refractivity contribution in [2.24, 2.45) is 5.92 Å². The molecule has 1 amide bonds. The Bertz CT molecular complexity index is 904. The SMILES string of the molecule is CC(C)Cc1ccc2c(N)c(C(=O)Nc3cccc(Cl)c3)sc2n1. The summed E-state index contributed by atoms with van der Waals surface area (Å²) in [4.78, 5) is 18.4. The van der Waals surface area contributed by atoms with Gasteiger partial charge in [0.2, 0.25) is 0 Å². The van der Waals surface area contributed by atoms with E-state index in [9.17, 15) is 4.79 Å². The molecule has 0 fully saturated rings. The number of carbonyl (C=O) groups is 1. The number of hydrogen-bond acceptors (Lipinski definition) is 4. The Balaban J connectivity index is 1.91. The van der Waals surface area contributed by atoms with Gasteiger partial charge >= 0.3 is 0 Å². The highest BCUT2D eigenvalue weighted by atomic mass is 35.5. The first-order chi connectivity index (χ1) is 11.4. The van der Waals surface area contributed by atoms with E-state index in [1.165, 1.54) is 11.3 Å². The number of nitrogens with zero attached hydrogens (tertiary/aromatic N) is 1. The maximum absolute atomic E-state index is 12.5. The summed E-state index contributed by atoms with van der Waals surface area (Å²) in [6.45, 7) is 4.30. The highest BCUT2D eigenvalue weighted by molar-refractivity contribution is 7.21. The van der Waals surface area contributed by atoms with Crippen LogP contribution in [0.2, 0.25) is 5.02 Å². The monoisotopic (exact) mass is 359 g/mol. The third-order valence-electron chi connectivity index (χ3n) is 3.56. The van der Waals surface area contributed by atoms with Crippen molar-refractivity contribution < 1.29 is 4.79 Å². The van der Waals surface area contributed by atoms with Crippen molar-refractivity contribution in [3.8, 4) is 0 Å². The fourth-order valence-corrected chi connectivity index (χ4v) is 3.69. The number of halogens is 1. The standard InChI is InChI=1S/C18H18ClN3OS/c1-10(2)8-13-6-7-14-15(20)16(24-18(14)22-13)17(23)21-12-5-3-4-11(19)9-12/h3-7,9-10H,8,20H2,1-2H3,(H,21,23). The number of amides is 1. The molecule has 0 bridgehead atoms. The normalized spacial score (nSPS) is 11.2. The molecule has 2 aromatic heterocycles. The van der Waals surface area contributed by atoms with Crippen molar-refractivity contribution in [2.45, 2.75) is 20.3 Å². The second-order valence-electron chi connectivity index (χ2n) is 6.06. The summed E-state index contributed by atoms with van der Waals surface area (Å²) in [7, 11) is 0. The Morgan fingerprint density at radius 3 is 2.83 bits per heavy atom. The van der Waals surface area contributed by atoms with Gasteiger partial charge in [0.05, 0.1) is 5.69 Å². The number of nitrogens with two attached hydrogens (primary N) is 1. The third kappa shape index (κ3) is 3.52. The van der Waals surface area contributed by atoms with Gasteiger partial charge < -0.3 is 11.1 Å². The van der Waals surface area contributed by atoms with Gasteiger partial charge in [-0.2, -0.15) is 0 Å². The number of benzene rings is 1. The molecule has 0 aliphatic heterocycles. The summed E-state index contributed by atoms with van der Waals surface area (Å²) in [5.41, 5.74) is 8.28. The highest BCUT2D eigenvalue weighted by Crippen LogP contribution is 2.33. The second kappa shape index (κ2) is 6.79. The fraction of sp³-hybridized carbons (Fsp3) is 0.222. The van der Waals surface area contributed by atoms with Crippen LogP contribution in [0.25, 0.3) is 10.2 Å². The zero-order chi connectivity index (χ0) is 17.3. The molecule has 124 valence electrons. The lowest BCUT2D eigenvalue weighted by atomic mass is 10.1. The molecule has 1 aromatic carbocycles. The summed E-state index contributed by atoms with van der Waals surface area (Å²) in [5.74, 6) is 0.279. The Labute approximate surface area is 149 Å². The summed E-state index contributed by atoms with van der Waals surface area (Å²) in [6.07, 6.45) is 0.901. The predicted molar refractivity (Wildman–Crippen MR) is 102 cm³/mol. The zero-order valence-electron chi connectivity index (χ0n) is 13.5. The predicted octanol–water partition coefficient (Wildman–Crippen LogP) is 4.98. The van der Waals surface area contributed by atoms with Gasteiger partial charge in [-0.05, 0) is 42.7 Å². The molecule has 0 saturated carbocycles. The van der Waals surface area contributed by atoms with Crippen LogP contribution in [0.15, 0.2) is 36.4 Å². The van der Waals surface area contributed by atoms with Crippen molar-refractivity contribution in [1.82, 2.24) is 4.98 Å². The summed E-state index contributed by atoms with van der Waals surface area (Å²) < 4.78 is 0. The van der Waals surface area contributed by atoms with Crippen molar-refractivity contribution in [3.05, 3.63) is 52.0 Å². The lowest BCUT2D eigenvalue weighted by Crippen LogP contribution is -2.11. The van der Waals surface area contributed by atoms with E-state index in [2.05, 4.69) is 24.1 Å². The molecule has 4 nitrogen and oxygen atoms in total. The topological polar surface area (TPSA) is 68.0 Å². The molecule has 3 N–H and O–H groups in total. The molecular weight excluding hydrogens is 342 g/mol. The molecule has 0 unspecified atom stereocenters. The van der Waals surface area contributed by atoms with Crippen molar-refractivity contribution >= 4 is 50.4 Å². The molecule has 0 spiro atoms. The largest absolute Gasteiger partial charge is 0.397 e. The van der Waals surface area contributed by atoms with Crippen molar-refractivity contribution in [1.29, 1.82) is 0 Å². The van der Waals surface area contributed by atoms with Crippen LogP contribution in [0.5, 0.6) is 0 Å². The highest BCUT2D eigenvalue weighted by Gasteiger charge is 2.18. The van der Waals surface area contributed by atoms with E-state index in [1.54, 1.807) is 24.3 Å². The number of carbonyl (C=O) groups excluding carboxylic acids is 1. The Morgan fingerprint density at radius 1 is 1.33 bits per heavy atom. The van der Waals surface area contributed by atoms with Crippen LogP contribution in [0.3, 0.4) is 0 Å². The van der Waals surface area contributed by atoms with E-state index in [1.807, 2.05) is 12.1 Å². The first-order valence-electron chi connectivity index (χ1n) is 7.69. The lowest BCUT2D eigenvalue weighted by Gasteiger charge is -2.04. The van der Waals surface area contributed by atoms with Crippen molar-refractivity contribution in [2.75, 3.05) is 11.1 Å². The second-order valence-corrected chi connectivity index (χ2v) is 7.50. The molecule has 0 aliphatic carbocycles. The third-order valence-corrected chi connectivity index (χ3v) is 4.91. The number of thiophene rings is 1. The number of anilines is 2. The molecule has 3 rings (SSSR count). The number of pyridine rings is 1. The van der Waals surface area contributed by atoms with Crippen LogP contribution in [0.1, 0.15) is 29.2 Å². The van der Waals surface area contributed by atoms with Gasteiger partial charge in [0.25, 0.3) is 5.91 Å². The Morgan fingerprint density at radius 2 is 2.12 bits per heavy atom. The van der Waals surface area contributed by atoms with E-state index >= 15 is 0 Å². The molecule has 6 heteroatoms. The summed E-state index contributed by atoms with van der Waals surface area (Å²) in [6, 6.07) is 10.9. The van der Waals surface area contributed by atoms with Crippen LogP contribution in [0.4, 0.5) is 11.4 Å². The quantitative estimate of drug-likeness (QED) is 0.690. The summed E-state index contributed by atoms with van der Waals surface area (Å²) in [5, 5.41) is 4.22. The molecule has 24 heavy (non-hydrogen) atoms. The van der Waals surface area contributed by atoms with Gasteiger partial charge in [0.1, 0.15) is 9.71 Å². The molecule has 3 aromatic rings. The lowest BCUT2D eigenvalue weighted by molar-refractivity contribution is 0.103. The molecule has 0 saturated heterocycles.